The second kappa shape index (κ2) is 7.87. The first kappa shape index (κ1) is 18.4. The molecule has 0 spiro atoms. The van der Waals surface area contributed by atoms with Gasteiger partial charge in [-0.3, -0.25) is 9.59 Å². The fraction of sp³-hybridized carbons (Fsp3) is 0.579. The van der Waals surface area contributed by atoms with E-state index in [2.05, 4.69) is 15.9 Å². The molecule has 0 atom stereocenters. The summed E-state index contributed by atoms with van der Waals surface area (Å²) in [5.41, 5.74) is 0.574. The summed E-state index contributed by atoms with van der Waals surface area (Å²) >= 11 is 3.46. The summed E-state index contributed by atoms with van der Waals surface area (Å²) in [6, 6.07) is 8.04. The molecule has 25 heavy (non-hydrogen) atoms. The van der Waals surface area contributed by atoms with Gasteiger partial charge in [0.25, 0.3) is 0 Å². The van der Waals surface area contributed by atoms with E-state index < -0.39 is 5.41 Å². The summed E-state index contributed by atoms with van der Waals surface area (Å²) < 4.78 is 6.30. The molecule has 0 N–H and O–H groups in total. The van der Waals surface area contributed by atoms with Crippen LogP contribution in [-0.2, 0) is 19.7 Å². The summed E-state index contributed by atoms with van der Waals surface area (Å²) in [6.45, 7) is 2.51. The van der Waals surface area contributed by atoms with E-state index in [0.29, 0.717) is 26.3 Å². The van der Waals surface area contributed by atoms with Gasteiger partial charge < -0.3 is 14.5 Å². The average Bonchev–Trinajstić information content (AvgIpc) is 3.13. The molecule has 0 unspecified atom stereocenters. The zero-order chi connectivity index (χ0) is 17.9. The highest BCUT2D eigenvalue weighted by molar-refractivity contribution is 9.10. The van der Waals surface area contributed by atoms with Crippen molar-refractivity contribution in [3.8, 4) is 0 Å². The topological polar surface area (TPSA) is 49.9 Å². The van der Waals surface area contributed by atoms with Crippen LogP contribution in [0.3, 0.4) is 0 Å². The van der Waals surface area contributed by atoms with Crippen molar-refractivity contribution in [3.05, 3.63) is 34.3 Å². The summed E-state index contributed by atoms with van der Waals surface area (Å²) in [4.78, 5) is 29.2. The predicted octanol–water partition coefficient (Wildman–Crippen LogP) is 2.58. The highest BCUT2D eigenvalue weighted by Crippen LogP contribution is 2.42. The van der Waals surface area contributed by atoms with Gasteiger partial charge >= 0.3 is 0 Å². The van der Waals surface area contributed by atoms with Crippen LogP contribution < -0.4 is 0 Å². The van der Waals surface area contributed by atoms with Crippen molar-refractivity contribution in [3.63, 3.8) is 0 Å². The van der Waals surface area contributed by atoms with Gasteiger partial charge in [-0.25, -0.2) is 0 Å². The van der Waals surface area contributed by atoms with Crippen molar-refractivity contribution in [2.75, 3.05) is 39.9 Å². The number of hydrogen-bond acceptors (Lipinski definition) is 3. The highest BCUT2D eigenvalue weighted by Gasteiger charge is 2.44. The van der Waals surface area contributed by atoms with Crippen molar-refractivity contribution < 1.29 is 14.3 Å². The Labute approximate surface area is 157 Å². The third-order valence-electron chi connectivity index (χ3n) is 5.35. The minimum Gasteiger partial charge on any atom is -0.378 e. The molecule has 6 heteroatoms. The molecule has 0 bridgehead atoms. The Morgan fingerprint density at radius 1 is 1.16 bits per heavy atom. The van der Waals surface area contributed by atoms with E-state index in [1.54, 1.807) is 16.8 Å². The van der Waals surface area contributed by atoms with Gasteiger partial charge in [0.2, 0.25) is 11.8 Å². The first-order valence-corrected chi connectivity index (χ1v) is 9.69. The molecule has 2 fully saturated rings. The van der Waals surface area contributed by atoms with Crippen LogP contribution in [0.25, 0.3) is 0 Å². The van der Waals surface area contributed by atoms with Gasteiger partial charge in [0.1, 0.15) is 0 Å². The largest absolute Gasteiger partial charge is 0.378 e. The number of morpholine rings is 1. The highest BCUT2D eigenvalue weighted by atomic mass is 79.9. The normalized spacial score (nSPS) is 19.7. The first-order valence-electron chi connectivity index (χ1n) is 8.90. The first-order chi connectivity index (χ1) is 12.0. The molecule has 0 aromatic heterocycles. The van der Waals surface area contributed by atoms with Crippen LogP contribution in [-0.4, -0.2) is 61.5 Å². The SMILES string of the molecule is CN(CC(=O)N1CCOCC1)C(=O)C1(c2ccc(Br)cc2)CCCC1. The van der Waals surface area contributed by atoms with Gasteiger partial charge in [-0.1, -0.05) is 40.9 Å². The third kappa shape index (κ3) is 3.90. The van der Waals surface area contributed by atoms with E-state index in [0.717, 1.165) is 35.7 Å². The number of likely N-dealkylation sites (N-methyl/N-ethyl adjacent to an activating group) is 1. The molecular weight excluding hydrogens is 384 g/mol. The van der Waals surface area contributed by atoms with Crippen LogP contribution in [0.4, 0.5) is 0 Å². The summed E-state index contributed by atoms with van der Waals surface area (Å²) in [5.74, 6) is 0.0667. The number of rotatable bonds is 4. The zero-order valence-electron chi connectivity index (χ0n) is 14.7. The Morgan fingerprint density at radius 2 is 1.76 bits per heavy atom. The number of carbonyl (C=O) groups excluding carboxylic acids is 2. The van der Waals surface area contributed by atoms with E-state index in [1.807, 2.05) is 24.3 Å². The van der Waals surface area contributed by atoms with Gasteiger partial charge in [0.15, 0.2) is 0 Å². The minimum absolute atomic E-state index is 0.00287. The summed E-state index contributed by atoms with van der Waals surface area (Å²) in [5, 5.41) is 0. The number of ether oxygens (including phenoxy) is 1. The van der Waals surface area contributed by atoms with E-state index in [1.165, 1.54) is 0 Å². The minimum atomic E-state index is -0.485. The average molecular weight is 409 g/mol. The zero-order valence-corrected chi connectivity index (χ0v) is 16.3. The van der Waals surface area contributed by atoms with Crippen molar-refractivity contribution in [1.29, 1.82) is 0 Å². The quantitative estimate of drug-likeness (QED) is 0.768. The molecule has 1 aromatic rings. The standard InChI is InChI=1S/C19H25BrN2O3/c1-21(14-17(23)22-10-12-25-13-11-22)18(24)19(8-2-3-9-19)15-4-6-16(20)7-5-15/h4-7H,2-3,8-14H2,1H3. The Bertz CT molecular complexity index is 620. The molecule has 1 aliphatic heterocycles. The van der Waals surface area contributed by atoms with Crippen molar-refractivity contribution >= 4 is 27.7 Å². The van der Waals surface area contributed by atoms with Crippen LogP contribution in [0.2, 0.25) is 0 Å². The Morgan fingerprint density at radius 3 is 2.36 bits per heavy atom. The molecule has 1 heterocycles. The maximum Gasteiger partial charge on any atom is 0.242 e. The number of nitrogens with zero attached hydrogens (tertiary/aromatic N) is 2. The fourth-order valence-corrected chi connectivity index (χ4v) is 4.19. The maximum atomic E-state index is 13.3. The molecule has 5 nitrogen and oxygen atoms in total. The molecular formula is C19H25BrN2O3. The third-order valence-corrected chi connectivity index (χ3v) is 5.87. The van der Waals surface area contributed by atoms with Crippen LogP contribution in [0, 0.1) is 0 Å². The summed E-state index contributed by atoms with van der Waals surface area (Å²) in [6.07, 6.45) is 3.80. The van der Waals surface area contributed by atoms with Crippen molar-refractivity contribution in [2.24, 2.45) is 0 Å². The molecule has 3 rings (SSSR count). The summed E-state index contributed by atoms with van der Waals surface area (Å²) in [7, 11) is 1.75. The number of hydrogen-bond donors (Lipinski definition) is 0. The lowest BCUT2D eigenvalue weighted by Gasteiger charge is -2.34. The van der Waals surface area contributed by atoms with Crippen molar-refractivity contribution in [2.45, 2.75) is 31.1 Å². The van der Waals surface area contributed by atoms with Crippen LogP contribution >= 0.6 is 15.9 Å². The number of amides is 2. The Balaban J connectivity index is 1.73. The monoisotopic (exact) mass is 408 g/mol. The molecule has 2 aliphatic rings. The molecule has 1 saturated carbocycles. The van der Waals surface area contributed by atoms with Crippen LogP contribution in [0.1, 0.15) is 31.2 Å². The van der Waals surface area contributed by atoms with E-state index in [9.17, 15) is 9.59 Å². The maximum absolute atomic E-state index is 13.3. The number of carbonyl (C=O) groups is 2. The number of benzene rings is 1. The van der Waals surface area contributed by atoms with E-state index >= 15 is 0 Å². The Hall–Kier alpha value is -1.40. The molecule has 2 amide bonds. The lowest BCUT2D eigenvalue weighted by atomic mass is 9.77. The lowest BCUT2D eigenvalue weighted by Crippen LogP contribution is -2.50. The fourth-order valence-electron chi connectivity index (χ4n) is 3.93. The molecule has 1 saturated heterocycles. The van der Waals surface area contributed by atoms with Gasteiger partial charge in [-0.15, -0.1) is 0 Å². The molecule has 1 aromatic carbocycles. The van der Waals surface area contributed by atoms with Gasteiger partial charge in [0, 0.05) is 24.6 Å². The molecule has 136 valence electrons. The van der Waals surface area contributed by atoms with Gasteiger partial charge in [-0.05, 0) is 30.5 Å². The van der Waals surface area contributed by atoms with Crippen LogP contribution in [0.15, 0.2) is 28.7 Å². The number of halogens is 1. The predicted molar refractivity (Wildman–Crippen MR) is 99.3 cm³/mol. The van der Waals surface area contributed by atoms with Gasteiger partial charge in [-0.2, -0.15) is 0 Å². The van der Waals surface area contributed by atoms with Gasteiger partial charge in [0.05, 0.1) is 25.2 Å². The Kier molecular flexibility index (Phi) is 5.79. The second-order valence-corrected chi connectivity index (χ2v) is 7.87. The molecule has 0 radical (unpaired) electrons. The van der Waals surface area contributed by atoms with Crippen molar-refractivity contribution in [1.82, 2.24) is 9.80 Å². The smallest absolute Gasteiger partial charge is 0.242 e. The lowest BCUT2D eigenvalue weighted by molar-refractivity contribution is -0.144. The van der Waals surface area contributed by atoms with E-state index in [4.69, 9.17) is 4.74 Å². The molecule has 1 aliphatic carbocycles. The van der Waals surface area contributed by atoms with E-state index in [-0.39, 0.29) is 18.4 Å². The van der Waals surface area contributed by atoms with Crippen LogP contribution in [0.5, 0.6) is 0 Å². The second-order valence-electron chi connectivity index (χ2n) is 6.95.